The Bertz CT molecular complexity index is 407. The smallest absolute Gasteiger partial charge is 0.324 e. The zero-order valence-electron chi connectivity index (χ0n) is 8.78. The third-order valence-corrected chi connectivity index (χ3v) is 3.77. The number of rotatable bonds is 5. The summed E-state index contributed by atoms with van der Waals surface area (Å²) in [5.41, 5.74) is 0.128. The molecular weight excluding hydrogens is 225 g/mol. The summed E-state index contributed by atoms with van der Waals surface area (Å²) < 4.78 is 11.2. The van der Waals surface area contributed by atoms with Gasteiger partial charge in [0.25, 0.3) is 0 Å². The van der Waals surface area contributed by atoms with Crippen molar-refractivity contribution >= 4 is 7.60 Å². The van der Waals surface area contributed by atoms with Crippen molar-refractivity contribution in [2.24, 2.45) is 0 Å². The lowest BCUT2D eigenvalue weighted by Gasteiger charge is -2.17. The minimum Gasteiger partial charge on any atom is -0.324 e. The molecule has 0 spiro atoms. The van der Waals surface area contributed by atoms with Gasteiger partial charge in [-0.3, -0.25) is 4.57 Å². The monoisotopic (exact) mass is 239 g/mol. The van der Waals surface area contributed by atoms with Crippen LogP contribution in [0, 0.1) is 11.3 Å². The number of nitrogens with zero attached hydrogens (tertiary/aromatic N) is 1. The highest BCUT2D eigenvalue weighted by Gasteiger charge is 2.28. The first kappa shape index (κ1) is 12.9. The highest BCUT2D eigenvalue weighted by Crippen LogP contribution is 2.44. The van der Waals surface area contributed by atoms with E-state index < -0.39 is 13.3 Å². The Hall–Kier alpha value is -1.14. The van der Waals surface area contributed by atoms with Crippen molar-refractivity contribution in [1.82, 2.24) is 0 Å². The van der Waals surface area contributed by atoms with E-state index in [2.05, 4.69) is 0 Å². The fourth-order valence-corrected chi connectivity index (χ4v) is 2.42. The van der Waals surface area contributed by atoms with Crippen LogP contribution in [0.25, 0.3) is 0 Å². The summed E-state index contributed by atoms with van der Waals surface area (Å²) in [4.78, 5) is 18.3. The van der Waals surface area contributed by atoms with Gasteiger partial charge < -0.3 is 9.79 Å². The molecule has 16 heavy (non-hydrogen) atoms. The molecule has 0 heterocycles. The number of hydrogen-bond donors (Lipinski definition) is 2. The van der Waals surface area contributed by atoms with Crippen molar-refractivity contribution in [3.63, 3.8) is 0 Å². The van der Waals surface area contributed by atoms with Gasteiger partial charge >= 0.3 is 7.60 Å². The quantitative estimate of drug-likeness (QED) is 0.771. The molecule has 0 radical (unpaired) electrons. The maximum Gasteiger partial charge on any atom is 0.328 e. The molecule has 1 atom stereocenters. The highest BCUT2D eigenvalue weighted by molar-refractivity contribution is 7.52. The summed E-state index contributed by atoms with van der Waals surface area (Å²) in [5, 5.41) is 8.44. The van der Waals surface area contributed by atoms with E-state index in [4.69, 9.17) is 15.0 Å². The standard InChI is InChI=1S/C11H14NO3P/c12-8-4-7-11(16(13,14)15)9-10-5-2-1-3-6-10/h1-3,5-6,11H,4,7,9H2,(H2,13,14,15). The van der Waals surface area contributed by atoms with Crippen LogP contribution < -0.4 is 0 Å². The molecule has 1 unspecified atom stereocenters. The molecule has 86 valence electrons. The number of nitriles is 1. The van der Waals surface area contributed by atoms with Crippen LogP contribution in [0.1, 0.15) is 18.4 Å². The van der Waals surface area contributed by atoms with Crippen molar-refractivity contribution in [2.45, 2.75) is 24.9 Å². The zero-order valence-corrected chi connectivity index (χ0v) is 9.68. The molecule has 0 fully saturated rings. The first-order chi connectivity index (χ1) is 7.54. The van der Waals surface area contributed by atoms with Gasteiger partial charge in [-0.2, -0.15) is 5.26 Å². The third kappa shape index (κ3) is 4.16. The molecule has 0 amide bonds. The fraction of sp³-hybridized carbons (Fsp3) is 0.364. The molecule has 0 saturated carbocycles. The van der Waals surface area contributed by atoms with Crippen molar-refractivity contribution in [3.8, 4) is 6.07 Å². The summed E-state index contributed by atoms with van der Waals surface area (Å²) in [6.45, 7) is 0. The molecule has 0 aromatic heterocycles. The second-order valence-corrected chi connectivity index (χ2v) is 5.54. The summed E-state index contributed by atoms with van der Waals surface area (Å²) in [6.07, 6.45) is 0.713. The second-order valence-electron chi connectivity index (χ2n) is 3.63. The van der Waals surface area contributed by atoms with Crippen LogP contribution in [-0.4, -0.2) is 15.4 Å². The minimum atomic E-state index is -4.12. The summed E-state index contributed by atoms with van der Waals surface area (Å²) in [7, 11) is -4.12. The molecule has 1 aromatic rings. The molecule has 0 aliphatic heterocycles. The molecule has 4 nitrogen and oxygen atoms in total. The van der Waals surface area contributed by atoms with Crippen LogP contribution in [0.5, 0.6) is 0 Å². The van der Waals surface area contributed by atoms with Crippen molar-refractivity contribution < 1.29 is 14.4 Å². The van der Waals surface area contributed by atoms with Gasteiger partial charge in [0.05, 0.1) is 11.7 Å². The number of benzene rings is 1. The van der Waals surface area contributed by atoms with Crippen LogP contribution >= 0.6 is 7.60 Å². The lowest BCUT2D eigenvalue weighted by atomic mass is 10.1. The van der Waals surface area contributed by atoms with E-state index in [-0.39, 0.29) is 12.8 Å². The molecule has 0 saturated heterocycles. The van der Waals surface area contributed by atoms with E-state index in [0.29, 0.717) is 6.42 Å². The fourth-order valence-electron chi connectivity index (χ4n) is 1.51. The van der Waals surface area contributed by atoms with Crippen LogP contribution in [-0.2, 0) is 11.0 Å². The molecule has 0 aliphatic carbocycles. The topological polar surface area (TPSA) is 81.3 Å². The molecule has 1 rings (SSSR count). The van der Waals surface area contributed by atoms with Gasteiger partial charge in [0.1, 0.15) is 0 Å². The van der Waals surface area contributed by atoms with Gasteiger partial charge in [0, 0.05) is 6.42 Å². The van der Waals surface area contributed by atoms with Crippen LogP contribution in [0.15, 0.2) is 30.3 Å². The minimum absolute atomic E-state index is 0.169. The molecule has 5 heteroatoms. The molecule has 1 aromatic carbocycles. The average molecular weight is 239 g/mol. The Labute approximate surface area is 94.7 Å². The number of hydrogen-bond acceptors (Lipinski definition) is 2. The normalized spacial score (nSPS) is 13.1. The molecule has 0 bridgehead atoms. The van der Waals surface area contributed by atoms with Crippen molar-refractivity contribution in [1.29, 1.82) is 5.26 Å². The van der Waals surface area contributed by atoms with E-state index in [1.54, 1.807) is 0 Å². The second kappa shape index (κ2) is 5.81. The van der Waals surface area contributed by atoms with Gasteiger partial charge in [-0.25, -0.2) is 0 Å². The Balaban J connectivity index is 2.72. The summed E-state index contributed by atoms with van der Waals surface area (Å²) in [5.74, 6) is 0. The van der Waals surface area contributed by atoms with Crippen molar-refractivity contribution in [2.75, 3.05) is 0 Å². The lowest BCUT2D eigenvalue weighted by molar-refractivity contribution is 0.354. The largest absolute Gasteiger partial charge is 0.328 e. The van der Waals surface area contributed by atoms with Crippen LogP contribution in [0.3, 0.4) is 0 Å². The van der Waals surface area contributed by atoms with E-state index in [1.165, 1.54) is 0 Å². The van der Waals surface area contributed by atoms with E-state index in [9.17, 15) is 4.57 Å². The lowest BCUT2D eigenvalue weighted by Crippen LogP contribution is -2.11. The predicted octanol–water partition coefficient (Wildman–Crippen LogP) is 2.08. The van der Waals surface area contributed by atoms with Gasteiger partial charge in [-0.1, -0.05) is 30.3 Å². The van der Waals surface area contributed by atoms with Gasteiger partial charge in [-0.15, -0.1) is 0 Å². The zero-order chi connectivity index (χ0) is 12.0. The molecular formula is C11H14NO3P. The summed E-state index contributed by atoms with van der Waals surface area (Å²) in [6, 6.07) is 11.1. The van der Waals surface area contributed by atoms with E-state index in [1.807, 2.05) is 36.4 Å². The summed E-state index contributed by atoms with van der Waals surface area (Å²) >= 11 is 0. The Morgan fingerprint density at radius 1 is 1.31 bits per heavy atom. The average Bonchev–Trinajstić information content (AvgIpc) is 2.24. The highest BCUT2D eigenvalue weighted by atomic mass is 31.2. The Morgan fingerprint density at radius 3 is 2.44 bits per heavy atom. The Morgan fingerprint density at radius 2 is 1.94 bits per heavy atom. The SMILES string of the molecule is N#CCCC(Cc1ccccc1)P(=O)(O)O. The predicted molar refractivity (Wildman–Crippen MR) is 60.8 cm³/mol. The Kier molecular flexibility index (Phi) is 4.70. The molecule has 2 N–H and O–H groups in total. The third-order valence-electron chi connectivity index (χ3n) is 2.38. The van der Waals surface area contributed by atoms with Crippen LogP contribution in [0.4, 0.5) is 0 Å². The van der Waals surface area contributed by atoms with E-state index in [0.717, 1.165) is 5.56 Å². The van der Waals surface area contributed by atoms with Crippen LogP contribution in [0.2, 0.25) is 0 Å². The molecule has 0 aliphatic rings. The van der Waals surface area contributed by atoms with Gasteiger partial charge in [0.15, 0.2) is 0 Å². The first-order valence-electron chi connectivity index (χ1n) is 5.00. The van der Waals surface area contributed by atoms with E-state index >= 15 is 0 Å². The van der Waals surface area contributed by atoms with Gasteiger partial charge in [0.2, 0.25) is 0 Å². The first-order valence-corrected chi connectivity index (χ1v) is 6.68. The van der Waals surface area contributed by atoms with Gasteiger partial charge in [-0.05, 0) is 18.4 Å². The maximum absolute atomic E-state index is 11.2. The maximum atomic E-state index is 11.2. The van der Waals surface area contributed by atoms with Crippen molar-refractivity contribution in [3.05, 3.63) is 35.9 Å².